The molecular weight excluding hydrogens is 290 g/mol. The van der Waals surface area contributed by atoms with Crippen LogP contribution in [0.2, 0.25) is 5.02 Å². The van der Waals surface area contributed by atoms with Crippen LogP contribution in [0, 0.1) is 13.8 Å². The molecule has 5 heteroatoms. The van der Waals surface area contributed by atoms with Gasteiger partial charge < -0.3 is 5.32 Å². The lowest BCUT2D eigenvalue weighted by Gasteiger charge is -2.07. The standard InChI is InChI=1S/C15H18ClN3S/c1-4-17-9-12-5-6-14(13(16)8-12)20-15-18-10(2)7-11(3)19-15/h5-8,17H,4,9H2,1-3H3. The van der Waals surface area contributed by atoms with Crippen LogP contribution in [0.15, 0.2) is 34.3 Å². The lowest BCUT2D eigenvalue weighted by molar-refractivity contribution is 0.726. The molecule has 3 nitrogen and oxygen atoms in total. The van der Waals surface area contributed by atoms with Crippen LogP contribution in [0.1, 0.15) is 23.9 Å². The molecule has 20 heavy (non-hydrogen) atoms. The van der Waals surface area contributed by atoms with Crippen molar-refractivity contribution in [1.29, 1.82) is 0 Å². The van der Waals surface area contributed by atoms with Crippen molar-refractivity contribution in [2.24, 2.45) is 0 Å². The number of aryl methyl sites for hydroxylation is 2. The molecule has 0 bridgehead atoms. The molecule has 0 radical (unpaired) electrons. The fraction of sp³-hybridized carbons (Fsp3) is 0.333. The van der Waals surface area contributed by atoms with Gasteiger partial charge in [0.1, 0.15) is 0 Å². The van der Waals surface area contributed by atoms with Crippen molar-refractivity contribution in [2.75, 3.05) is 6.54 Å². The predicted molar refractivity (Wildman–Crippen MR) is 84.5 cm³/mol. The van der Waals surface area contributed by atoms with Crippen molar-refractivity contribution >= 4 is 23.4 Å². The number of nitrogens with zero attached hydrogens (tertiary/aromatic N) is 2. The number of benzene rings is 1. The summed E-state index contributed by atoms with van der Waals surface area (Å²) in [5.74, 6) is 0. The fourth-order valence-corrected chi connectivity index (χ4v) is 3.03. The van der Waals surface area contributed by atoms with E-state index in [1.54, 1.807) is 0 Å². The van der Waals surface area contributed by atoms with E-state index in [9.17, 15) is 0 Å². The summed E-state index contributed by atoms with van der Waals surface area (Å²) in [7, 11) is 0. The van der Waals surface area contributed by atoms with Crippen molar-refractivity contribution in [2.45, 2.75) is 37.4 Å². The molecule has 0 aliphatic heterocycles. The normalized spacial score (nSPS) is 10.8. The van der Waals surface area contributed by atoms with E-state index in [-0.39, 0.29) is 0 Å². The number of nitrogens with one attached hydrogen (secondary N) is 1. The molecule has 0 atom stereocenters. The van der Waals surface area contributed by atoms with Crippen molar-refractivity contribution in [3.8, 4) is 0 Å². The van der Waals surface area contributed by atoms with E-state index in [0.717, 1.165) is 39.6 Å². The Labute approximate surface area is 129 Å². The Balaban J connectivity index is 2.16. The summed E-state index contributed by atoms with van der Waals surface area (Å²) in [6, 6.07) is 8.07. The maximum Gasteiger partial charge on any atom is 0.192 e. The second kappa shape index (κ2) is 7.07. The minimum atomic E-state index is 0.740. The Morgan fingerprint density at radius 1 is 1.15 bits per heavy atom. The SMILES string of the molecule is CCNCc1ccc(Sc2nc(C)cc(C)n2)c(Cl)c1. The second-order valence-electron chi connectivity index (χ2n) is 4.58. The zero-order valence-electron chi connectivity index (χ0n) is 11.9. The summed E-state index contributed by atoms with van der Waals surface area (Å²) in [6.45, 7) is 7.81. The molecule has 0 spiro atoms. The van der Waals surface area contributed by atoms with E-state index < -0.39 is 0 Å². The third kappa shape index (κ3) is 4.20. The topological polar surface area (TPSA) is 37.8 Å². The first-order valence-electron chi connectivity index (χ1n) is 6.57. The van der Waals surface area contributed by atoms with Gasteiger partial charge in [-0.3, -0.25) is 0 Å². The summed E-state index contributed by atoms with van der Waals surface area (Å²) < 4.78 is 0. The highest BCUT2D eigenvalue weighted by Gasteiger charge is 2.07. The average Bonchev–Trinajstić information content (AvgIpc) is 2.38. The molecule has 0 aliphatic rings. The summed E-state index contributed by atoms with van der Waals surface area (Å²) >= 11 is 7.83. The molecule has 0 aliphatic carbocycles. The molecule has 0 unspecified atom stereocenters. The summed E-state index contributed by atoms with van der Waals surface area (Å²) in [4.78, 5) is 9.83. The van der Waals surface area contributed by atoms with Crippen molar-refractivity contribution in [1.82, 2.24) is 15.3 Å². The van der Waals surface area contributed by atoms with E-state index in [0.29, 0.717) is 0 Å². The van der Waals surface area contributed by atoms with Crippen LogP contribution in [0.3, 0.4) is 0 Å². The lowest BCUT2D eigenvalue weighted by Crippen LogP contribution is -2.11. The van der Waals surface area contributed by atoms with Crippen molar-refractivity contribution < 1.29 is 0 Å². The molecule has 0 saturated carbocycles. The van der Waals surface area contributed by atoms with E-state index >= 15 is 0 Å². The van der Waals surface area contributed by atoms with Gasteiger partial charge in [-0.05, 0) is 55.9 Å². The molecule has 2 aromatic rings. The highest BCUT2D eigenvalue weighted by molar-refractivity contribution is 7.99. The number of hydrogen-bond acceptors (Lipinski definition) is 4. The Morgan fingerprint density at radius 2 is 1.85 bits per heavy atom. The monoisotopic (exact) mass is 307 g/mol. The number of aromatic nitrogens is 2. The molecule has 1 heterocycles. The lowest BCUT2D eigenvalue weighted by atomic mass is 10.2. The Morgan fingerprint density at radius 3 is 2.45 bits per heavy atom. The molecule has 106 valence electrons. The first-order chi connectivity index (χ1) is 9.58. The van der Waals surface area contributed by atoms with Crippen LogP contribution < -0.4 is 5.32 Å². The van der Waals surface area contributed by atoms with Gasteiger partial charge in [-0.2, -0.15) is 0 Å². The minimum Gasteiger partial charge on any atom is -0.313 e. The van der Waals surface area contributed by atoms with Crippen LogP contribution in [0.25, 0.3) is 0 Å². The van der Waals surface area contributed by atoms with Gasteiger partial charge in [0.15, 0.2) is 5.16 Å². The van der Waals surface area contributed by atoms with Gasteiger partial charge in [-0.1, -0.05) is 24.6 Å². The number of halogens is 1. The highest BCUT2D eigenvalue weighted by atomic mass is 35.5. The Hall–Kier alpha value is -1.10. The predicted octanol–water partition coefficient (Wildman–Crippen LogP) is 4.01. The van der Waals surface area contributed by atoms with Gasteiger partial charge >= 0.3 is 0 Å². The highest BCUT2D eigenvalue weighted by Crippen LogP contribution is 2.32. The van der Waals surface area contributed by atoms with Crippen molar-refractivity contribution in [3.05, 3.63) is 46.2 Å². The smallest absolute Gasteiger partial charge is 0.192 e. The summed E-state index contributed by atoms with van der Waals surface area (Å²) in [6.07, 6.45) is 0. The average molecular weight is 308 g/mol. The van der Waals surface area contributed by atoms with Crippen LogP contribution in [-0.4, -0.2) is 16.5 Å². The fourth-order valence-electron chi connectivity index (χ4n) is 1.84. The van der Waals surface area contributed by atoms with E-state index in [1.807, 2.05) is 32.0 Å². The quantitative estimate of drug-likeness (QED) is 0.847. The minimum absolute atomic E-state index is 0.740. The first-order valence-corrected chi connectivity index (χ1v) is 7.77. The zero-order valence-corrected chi connectivity index (χ0v) is 13.5. The molecule has 1 N–H and O–H groups in total. The van der Waals surface area contributed by atoms with Crippen LogP contribution in [-0.2, 0) is 6.54 Å². The third-order valence-corrected chi connectivity index (χ3v) is 4.10. The van der Waals surface area contributed by atoms with Crippen LogP contribution in [0.4, 0.5) is 0 Å². The Bertz CT molecular complexity index is 581. The van der Waals surface area contributed by atoms with Gasteiger partial charge in [0.05, 0.1) is 5.02 Å². The van der Waals surface area contributed by atoms with Gasteiger partial charge in [0.2, 0.25) is 0 Å². The van der Waals surface area contributed by atoms with E-state index in [2.05, 4.69) is 28.3 Å². The summed E-state index contributed by atoms with van der Waals surface area (Å²) in [5, 5.41) is 4.77. The van der Waals surface area contributed by atoms with E-state index in [1.165, 1.54) is 17.3 Å². The van der Waals surface area contributed by atoms with Gasteiger partial charge in [0, 0.05) is 22.8 Å². The molecule has 1 aromatic carbocycles. The van der Waals surface area contributed by atoms with Crippen LogP contribution in [0.5, 0.6) is 0 Å². The largest absolute Gasteiger partial charge is 0.313 e. The molecule has 2 rings (SSSR count). The third-order valence-electron chi connectivity index (χ3n) is 2.74. The second-order valence-corrected chi connectivity index (χ2v) is 6.00. The maximum atomic E-state index is 6.33. The number of hydrogen-bond donors (Lipinski definition) is 1. The van der Waals surface area contributed by atoms with Gasteiger partial charge in [-0.25, -0.2) is 9.97 Å². The Kier molecular flexibility index (Phi) is 5.40. The maximum absolute atomic E-state index is 6.33. The number of rotatable bonds is 5. The molecule has 0 amide bonds. The van der Waals surface area contributed by atoms with Crippen molar-refractivity contribution in [3.63, 3.8) is 0 Å². The first kappa shape index (κ1) is 15.3. The molecule has 1 aromatic heterocycles. The zero-order chi connectivity index (χ0) is 14.5. The van der Waals surface area contributed by atoms with Gasteiger partial charge in [0.25, 0.3) is 0 Å². The van der Waals surface area contributed by atoms with Gasteiger partial charge in [-0.15, -0.1) is 0 Å². The summed E-state index contributed by atoms with van der Waals surface area (Å²) in [5.41, 5.74) is 3.13. The molecular formula is C15H18ClN3S. The van der Waals surface area contributed by atoms with E-state index in [4.69, 9.17) is 11.6 Å². The van der Waals surface area contributed by atoms with Crippen LogP contribution >= 0.6 is 23.4 Å². The molecule has 0 saturated heterocycles. The molecule has 0 fully saturated rings.